The van der Waals surface area contributed by atoms with E-state index in [0.29, 0.717) is 16.3 Å². The van der Waals surface area contributed by atoms with Crippen LogP contribution in [-0.4, -0.2) is 11.3 Å². The second kappa shape index (κ2) is 7.11. The third-order valence-electron chi connectivity index (χ3n) is 2.59. The third kappa shape index (κ3) is 4.77. The Balaban J connectivity index is 1.94. The Morgan fingerprint density at radius 1 is 1.10 bits per heavy atom. The Morgan fingerprint density at radius 2 is 1.71 bits per heavy atom. The molecule has 1 N–H and O–H groups in total. The van der Waals surface area contributed by atoms with Crippen LogP contribution in [0.15, 0.2) is 53.7 Å². The van der Waals surface area contributed by atoms with Gasteiger partial charge < -0.3 is 0 Å². The zero-order chi connectivity index (χ0) is 15.2. The number of nitrogens with one attached hydrogen (secondary N) is 1. The summed E-state index contributed by atoms with van der Waals surface area (Å²) in [5.41, 5.74) is 2.32. The highest BCUT2D eigenvalue weighted by atomic mass is 35.5. The number of nitrogens with zero attached hydrogens (tertiary/aromatic N) is 1. The van der Waals surface area contributed by atoms with Crippen LogP contribution in [-0.2, 0) is 4.84 Å². The number of oxime groups is 1. The van der Waals surface area contributed by atoms with Gasteiger partial charge in [0.15, 0.2) is 5.17 Å². The van der Waals surface area contributed by atoms with Crippen molar-refractivity contribution in [2.24, 2.45) is 5.16 Å². The minimum atomic E-state index is -0.734. The number of halogens is 2. The number of anilines is 1. The molecule has 0 aliphatic carbocycles. The topological polar surface area (TPSA) is 50.7 Å². The molecule has 0 unspecified atom stereocenters. The molecular weight excluding hydrogens is 311 g/mol. The lowest BCUT2D eigenvalue weighted by Crippen LogP contribution is -2.11. The molecule has 2 aromatic rings. The summed E-state index contributed by atoms with van der Waals surface area (Å²) in [4.78, 5) is 16.3. The van der Waals surface area contributed by atoms with Crippen LogP contribution in [0.1, 0.15) is 11.1 Å². The van der Waals surface area contributed by atoms with Gasteiger partial charge in [0.1, 0.15) is 0 Å². The molecule has 21 heavy (non-hydrogen) atoms. The molecule has 4 nitrogen and oxygen atoms in total. The van der Waals surface area contributed by atoms with E-state index in [2.05, 4.69) is 10.5 Å². The van der Waals surface area contributed by atoms with Crippen LogP contribution in [0.5, 0.6) is 0 Å². The highest BCUT2D eigenvalue weighted by molar-refractivity contribution is 6.69. The van der Waals surface area contributed by atoms with Crippen LogP contribution in [0, 0.1) is 6.92 Å². The normalized spacial score (nSPS) is 11.1. The maximum absolute atomic E-state index is 11.6. The molecule has 108 valence electrons. The zero-order valence-electron chi connectivity index (χ0n) is 11.1. The lowest BCUT2D eigenvalue weighted by Gasteiger charge is -2.03. The maximum Gasteiger partial charge on any atom is 0.437 e. The second-order valence-electron chi connectivity index (χ2n) is 4.26. The number of carbonyl (C=O) groups is 1. The number of aryl methyl sites for hydroxylation is 1. The molecule has 0 aliphatic rings. The Labute approximate surface area is 132 Å². The van der Waals surface area contributed by atoms with Gasteiger partial charge in [0, 0.05) is 16.3 Å². The maximum atomic E-state index is 11.6. The van der Waals surface area contributed by atoms with Crippen molar-refractivity contribution < 1.29 is 9.63 Å². The van der Waals surface area contributed by atoms with Gasteiger partial charge in [0.05, 0.1) is 0 Å². The van der Waals surface area contributed by atoms with Crippen molar-refractivity contribution in [3.63, 3.8) is 0 Å². The molecule has 0 radical (unpaired) electrons. The predicted octanol–water partition coefficient (Wildman–Crippen LogP) is 4.80. The SMILES string of the molecule is Cc1ccc(/C(Cl)=N/OC(=O)Nc2ccc(Cl)cc2)cc1. The van der Waals surface area contributed by atoms with E-state index in [1.807, 2.05) is 19.1 Å². The van der Waals surface area contributed by atoms with Gasteiger partial charge in [0.25, 0.3) is 0 Å². The standard InChI is InChI=1S/C15H12Cl2N2O2/c1-10-2-4-11(5-3-10)14(17)19-21-15(20)18-13-8-6-12(16)7-9-13/h2-9H,1H3,(H,18,20)/b19-14-. The fourth-order valence-corrected chi connectivity index (χ4v) is 1.79. The van der Waals surface area contributed by atoms with E-state index >= 15 is 0 Å². The minimum Gasteiger partial charge on any atom is -0.296 e. The van der Waals surface area contributed by atoms with Crippen LogP contribution >= 0.6 is 23.2 Å². The molecule has 6 heteroatoms. The average molecular weight is 323 g/mol. The molecule has 2 rings (SSSR count). The van der Waals surface area contributed by atoms with Gasteiger partial charge in [-0.3, -0.25) is 10.2 Å². The van der Waals surface area contributed by atoms with Crippen molar-refractivity contribution >= 4 is 40.2 Å². The number of benzene rings is 2. The highest BCUT2D eigenvalue weighted by Gasteiger charge is 2.05. The molecule has 0 spiro atoms. The van der Waals surface area contributed by atoms with E-state index in [1.54, 1.807) is 36.4 Å². The summed E-state index contributed by atoms with van der Waals surface area (Å²) in [5, 5.41) is 6.76. The van der Waals surface area contributed by atoms with Crippen LogP contribution in [0.2, 0.25) is 5.02 Å². The van der Waals surface area contributed by atoms with Gasteiger partial charge in [-0.1, -0.05) is 58.2 Å². The van der Waals surface area contributed by atoms with Gasteiger partial charge >= 0.3 is 6.09 Å². The van der Waals surface area contributed by atoms with Crippen LogP contribution in [0.4, 0.5) is 10.5 Å². The number of hydrogen-bond acceptors (Lipinski definition) is 3. The molecule has 0 saturated heterocycles. The van der Waals surface area contributed by atoms with E-state index in [0.717, 1.165) is 5.56 Å². The number of amides is 1. The molecule has 0 heterocycles. The van der Waals surface area contributed by atoms with E-state index in [9.17, 15) is 4.79 Å². The molecule has 0 fully saturated rings. The molecular formula is C15H12Cl2N2O2. The molecule has 0 aliphatic heterocycles. The fraction of sp³-hybridized carbons (Fsp3) is 0.0667. The summed E-state index contributed by atoms with van der Waals surface area (Å²) in [6, 6.07) is 14.0. The lowest BCUT2D eigenvalue weighted by atomic mass is 10.2. The Hall–Kier alpha value is -2.04. The Morgan fingerprint density at radius 3 is 2.33 bits per heavy atom. The zero-order valence-corrected chi connectivity index (χ0v) is 12.7. The number of rotatable bonds is 3. The van der Waals surface area contributed by atoms with E-state index in [-0.39, 0.29) is 5.17 Å². The van der Waals surface area contributed by atoms with Crippen LogP contribution in [0.3, 0.4) is 0 Å². The molecule has 0 saturated carbocycles. The van der Waals surface area contributed by atoms with Crippen molar-refractivity contribution in [3.05, 3.63) is 64.7 Å². The van der Waals surface area contributed by atoms with Crippen LogP contribution < -0.4 is 5.32 Å². The molecule has 1 amide bonds. The summed E-state index contributed by atoms with van der Waals surface area (Å²) in [6.45, 7) is 1.96. The largest absolute Gasteiger partial charge is 0.437 e. The predicted molar refractivity (Wildman–Crippen MR) is 85.1 cm³/mol. The quantitative estimate of drug-likeness (QED) is 0.501. The van der Waals surface area contributed by atoms with Gasteiger partial charge in [-0.05, 0) is 31.2 Å². The highest BCUT2D eigenvalue weighted by Crippen LogP contribution is 2.14. The van der Waals surface area contributed by atoms with Crippen molar-refractivity contribution in [1.82, 2.24) is 0 Å². The first-order chi connectivity index (χ1) is 10.0. The van der Waals surface area contributed by atoms with Gasteiger partial charge in [-0.2, -0.15) is 0 Å². The van der Waals surface area contributed by atoms with E-state index in [4.69, 9.17) is 28.0 Å². The van der Waals surface area contributed by atoms with Gasteiger partial charge in [0.2, 0.25) is 0 Å². The number of carbonyl (C=O) groups excluding carboxylic acids is 1. The Kier molecular flexibility index (Phi) is 5.20. The van der Waals surface area contributed by atoms with E-state index in [1.165, 1.54) is 0 Å². The fourth-order valence-electron chi connectivity index (χ4n) is 1.50. The molecule has 0 atom stereocenters. The average Bonchev–Trinajstić information content (AvgIpc) is 2.48. The first-order valence-electron chi connectivity index (χ1n) is 6.09. The van der Waals surface area contributed by atoms with Crippen molar-refractivity contribution in [1.29, 1.82) is 0 Å². The lowest BCUT2D eigenvalue weighted by molar-refractivity contribution is 0.167. The monoisotopic (exact) mass is 322 g/mol. The summed E-state index contributed by atoms with van der Waals surface area (Å²) in [5.74, 6) is 0. The van der Waals surface area contributed by atoms with Gasteiger partial charge in [-0.25, -0.2) is 4.79 Å². The summed E-state index contributed by atoms with van der Waals surface area (Å²) in [6.07, 6.45) is -0.734. The first-order valence-corrected chi connectivity index (χ1v) is 6.84. The number of hydrogen-bond donors (Lipinski definition) is 1. The molecule has 2 aromatic carbocycles. The van der Waals surface area contributed by atoms with Gasteiger partial charge in [-0.15, -0.1) is 0 Å². The third-order valence-corrected chi connectivity index (χ3v) is 3.13. The van der Waals surface area contributed by atoms with E-state index < -0.39 is 6.09 Å². The molecule has 0 bridgehead atoms. The van der Waals surface area contributed by atoms with Crippen molar-refractivity contribution in [2.45, 2.75) is 6.92 Å². The Bertz CT molecular complexity index is 652. The van der Waals surface area contributed by atoms with Crippen molar-refractivity contribution in [3.8, 4) is 0 Å². The first kappa shape index (κ1) is 15.4. The minimum absolute atomic E-state index is 0.0984. The van der Waals surface area contributed by atoms with Crippen molar-refractivity contribution in [2.75, 3.05) is 5.32 Å². The summed E-state index contributed by atoms with van der Waals surface area (Å²) in [7, 11) is 0. The summed E-state index contributed by atoms with van der Waals surface area (Å²) < 4.78 is 0. The second-order valence-corrected chi connectivity index (χ2v) is 5.05. The van der Waals surface area contributed by atoms with Crippen LogP contribution in [0.25, 0.3) is 0 Å². The molecule has 0 aromatic heterocycles. The summed E-state index contributed by atoms with van der Waals surface area (Å²) >= 11 is 11.7. The smallest absolute Gasteiger partial charge is 0.296 e.